The van der Waals surface area contributed by atoms with Gasteiger partial charge in [0.05, 0.1) is 43.3 Å². The quantitative estimate of drug-likeness (QED) is 0.209. The van der Waals surface area contributed by atoms with Crippen molar-refractivity contribution in [3.8, 4) is 29.0 Å². The molecule has 0 amide bonds. The van der Waals surface area contributed by atoms with Crippen LogP contribution in [0.25, 0.3) is 80.7 Å². The van der Waals surface area contributed by atoms with Crippen LogP contribution in [0.3, 0.4) is 0 Å². The summed E-state index contributed by atoms with van der Waals surface area (Å²) in [6.07, 6.45) is 0. The summed E-state index contributed by atoms with van der Waals surface area (Å²) in [7, 11) is 0. The maximum absolute atomic E-state index is 10.4. The van der Waals surface area contributed by atoms with Crippen molar-refractivity contribution in [3.63, 3.8) is 0 Å². The van der Waals surface area contributed by atoms with Gasteiger partial charge in [0.15, 0.2) is 0 Å². The second-order valence-electron chi connectivity index (χ2n) is 10.7. The molecule has 0 unspecified atom stereocenters. The molecule has 3 heterocycles. The first-order chi connectivity index (χ1) is 21.2. The number of rotatable bonds is 2. The van der Waals surface area contributed by atoms with E-state index in [1.54, 1.807) is 11.3 Å². The lowest BCUT2D eigenvalue weighted by Crippen LogP contribution is -1.93. The summed E-state index contributed by atoms with van der Waals surface area (Å²) >= 11 is 1.66. The van der Waals surface area contributed by atoms with E-state index in [1.165, 1.54) is 0 Å². The van der Waals surface area contributed by atoms with Gasteiger partial charge in [0, 0.05) is 32.3 Å². The predicted molar refractivity (Wildman–Crippen MR) is 176 cm³/mol. The number of aromatic nitrogens is 1. The van der Waals surface area contributed by atoms with Gasteiger partial charge in [-0.15, -0.1) is 11.3 Å². The minimum absolute atomic E-state index is 0.641. The van der Waals surface area contributed by atoms with Gasteiger partial charge in [0.25, 0.3) is 0 Å². The van der Waals surface area contributed by atoms with Crippen molar-refractivity contribution in [3.05, 3.63) is 126 Å². The van der Waals surface area contributed by atoms with Crippen LogP contribution < -0.4 is 0 Å². The molecule has 0 aliphatic carbocycles. The molecule has 0 N–H and O–H groups in total. The molecule has 4 nitrogen and oxygen atoms in total. The Bertz CT molecular complexity index is 2710. The molecule has 9 aromatic rings. The molecular formula is C38H19N3OS. The lowest BCUT2D eigenvalue weighted by Gasteiger charge is -2.09. The number of hydrogen-bond donors (Lipinski definition) is 0. The molecule has 0 saturated heterocycles. The van der Waals surface area contributed by atoms with Crippen molar-refractivity contribution in [1.82, 2.24) is 4.57 Å². The third-order valence-corrected chi connectivity index (χ3v) is 9.73. The van der Waals surface area contributed by atoms with Crippen LogP contribution in [-0.4, -0.2) is 4.57 Å². The number of fused-ring (bicyclic) bond motifs is 9. The van der Waals surface area contributed by atoms with Crippen molar-refractivity contribution in [2.45, 2.75) is 0 Å². The monoisotopic (exact) mass is 565 g/mol. The number of nitrogens with zero attached hydrogens (tertiary/aromatic N) is 3. The number of hydrogen-bond acceptors (Lipinski definition) is 4. The number of para-hydroxylation sites is 2. The standard InChI is InChI=1S/C38H19N3OS/c39-20-22-15-16-32-29(17-22)26-7-1-3-11-31(26)41(32)33-12-5-10-27-30-19-23(18-24(21-40)37(30)43-38(27)33)25-9-6-14-35-36(25)28-8-2-4-13-34(28)42-35/h1-19H. The van der Waals surface area contributed by atoms with Gasteiger partial charge in [-0.25, -0.2) is 0 Å². The third kappa shape index (κ3) is 3.29. The minimum atomic E-state index is 0.641. The molecule has 0 fully saturated rings. The highest BCUT2D eigenvalue weighted by Gasteiger charge is 2.20. The molecule has 0 saturated carbocycles. The van der Waals surface area contributed by atoms with E-state index in [2.05, 4.69) is 65.2 Å². The average molecular weight is 566 g/mol. The average Bonchev–Trinajstić information content (AvgIpc) is 3.73. The topological polar surface area (TPSA) is 65.7 Å². The number of furan rings is 1. The van der Waals surface area contributed by atoms with E-state index < -0.39 is 0 Å². The Balaban J connectivity index is 1.36. The Kier molecular flexibility index (Phi) is 4.87. The fraction of sp³-hybridized carbons (Fsp3) is 0. The maximum Gasteiger partial charge on any atom is 0.136 e. The van der Waals surface area contributed by atoms with Crippen LogP contribution >= 0.6 is 11.3 Å². The van der Waals surface area contributed by atoms with E-state index in [-0.39, 0.29) is 0 Å². The summed E-state index contributed by atoms with van der Waals surface area (Å²) in [4.78, 5) is 0. The Morgan fingerprint density at radius 3 is 2.23 bits per heavy atom. The van der Waals surface area contributed by atoms with E-state index >= 15 is 0 Å². The van der Waals surface area contributed by atoms with Crippen LogP contribution in [0.1, 0.15) is 11.1 Å². The largest absolute Gasteiger partial charge is 0.456 e. The Morgan fingerprint density at radius 2 is 1.35 bits per heavy atom. The van der Waals surface area contributed by atoms with Crippen molar-refractivity contribution in [2.75, 3.05) is 0 Å². The predicted octanol–water partition coefficient (Wildman–Crippen LogP) is 10.5. The maximum atomic E-state index is 10.4. The van der Waals surface area contributed by atoms with Gasteiger partial charge in [0.1, 0.15) is 17.2 Å². The SMILES string of the molecule is N#Cc1ccc2c(c1)c1ccccc1n2-c1cccc2c1sc1c(C#N)cc(-c3cccc4oc5ccccc5c34)cc12. The van der Waals surface area contributed by atoms with Gasteiger partial charge in [-0.2, -0.15) is 10.5 Å². The molecule has 0 bridgehead atoms. The zero-order valence-electron chi connectivity index (χ0n) is 22.6. The summed E-state index contributed by atoms with van der Waals surface area (Å²) in [5, 5.41) is 26.4. The van der Waals surface area contributed by atoms with E-state index in [4.69, 9.17) is 4.42 Å². The zero-order valence-corrected chi connectivity index (χ0v) is 23.4. The highest BCUT2D eigenvalue weighted by atomic mass is 32.1. The molecule has 9 rings (SSSR count). The van der Waals surface area contributed by atoms with Gasteiger partial charge >= 0.3 is 0 Å². The molecular weight excluding hydrogens is 547 g/mol. The lowest BCUT2D eigenvalue weighted by atomic mass is 9.96. The third-order valence-electron chi connectivity index (χ3n) is 8.45. The smallest absolute Gasteiger partial charge is 0.136 e. The van der Waals surface area contributed by atoms with Gasteiger partial charge in [0.2, 0.25) is 0 Å². The molecule has 0 radical (unpaired) electrons. The summed E-state index contributed by atoms with van der Waals surface area (Å²) in [5.41, 5.74) is 8.21. The van der Waals surface area contributed by atoms with Crippen LogP contribution in [-0.2, 0) is 0 Å². The lowest BCUT2D eigenvalue weighted by molar-refractivity contribution is 0.669. The van der Waals surface area contributed by atoms with Crippen molar-refractivity contribution < 1.29 is 4.42 Å². The molecule has 0 atom stereocenters. The van der Waals surface area contributed by atoms with E-state index in [0.29, 0.717) is 11.1 Å². The summed E-state index contributed by atoms with van der Waals surface area (Å²) in [5.74, 6) is 0. The number of benzene rings is 6. The first-order valence-corrected chi connectivity index (χ1v) is 14.8. The fourth-order valence-corrected chi connectivity index (χ4v) is 7.87. The first-order valence-electron chi connectivity index (χ1n) is 14.0. The zero-order chi connectivity index (χ0) is 28.7. The highest BCUT2D eigenvalue weighted by Crippen LogP contribution is 2.45. The number of nitriles is 2. The molecule has 6 aromatic carbocycles. The van der Waals surface area contributed by atoms with Crippen LogP contribution in [0, 0.1) is 22.7 Å². The van der Waals surface area contributed by atoms with Crippen molar-refractivity contribution >= 4 is 75.3 Å². The van der Waals surface area contributed by atoms with E-state index in [0.717, 1.165) is 80.7 Å². The summed E-state index contributed by atoms with van der Waals surface area (Å²) < 4.78 is 10.6. The molecule has 5 heteroatoms. The Hall–Kier alpha value is -5.88. The molecule has 0 aliphatic rings. The second kappa shape index (κ2) is 8.81. The Morgan fingerprint density at radius 1 is 0.581 bits per heavy atom. The van der Waals surface area contributed by atoms with Crippen molar-refractivity contribution in [1.29, 1.82) is 10.5 Å². The van der Waals surface area contributed by atoms with Crippen LogP contribution in [0.5, 0.6) is 0 Å². The molecule has 0 spiro atoms. The molecule has 0 aliphatic heterocycles. The van der Waals surface area contributed by atoms with Gasteiger partial charge in [-0.3, -0.25) is 0 Å². The first kappa shape index (κ1) is 23.8. The van der Waals surface area contributed by atoms with Crippen LogP contribution in [0.15, 0.2) is 120 Å². The van der Waals surface area contributed by atoms with E-state index in [1.807, 2.05) is 66.7 Å². The highest BCUT2D eigenvalue weighted by molar-refractivity contribution is 7.26. The second-order valence-corrected chi connectivity index (χ2v) is 11.8. The van der Waals surface area contributed by atoms with E-state index in [9.17, 15) is 10.5 Å². The molecule has 198 valence electrons. The molecule has 43 heavy (non-hydrogen) atoms. The fourth-order valence-electron chi connectivity index (χ4n) is 6.62. The van der Waals surface area contributed by atoms with Gasteiger partial charge in [-0.05, 0) is 65.7 Å². The normalized spacial score (nSPS) is 11.7. The Labute approximate surface area is 249 Å². The molecule has 3 aromatic heterocycles. The minimum Gasteiger partial charge on any atom is -0.456 e. The summed E-state index contributed by atoms with van der Waals surface area (Å²) in [6, 6.07) is 43.8. The van der Waals surface area contributed by atoms with Crippen molar-refractivity contribution in [2.24, 2.45) is 0 Å². The van der Waals surface area contributed by atoms with Gasteiger partial charge in [-0.1, -0.05) is 60.7 Å². The van der Waals surface area contributed by atoms with Gasteiger partial charge < -0.3 is 8.98 Å². The van der Waals surface area contributed by atoms with Crippen LogP contribution in [0.4, 0.5) is 0 Å². The summed E-state index contributed by atoms with van der Waals surface area (Å²) in [6.45, 7) is 0. The van der Waals surface area contributed by atoms with Crippen LogP contribution in [0.2, 0.25) is 0 Å². The number of thiophene rings is 1.